The Morgan fingerprint density at radius 3 is 1.94 bits per heavy atom. The zero-order valence-corrected chi connectivity index (χ0v) is 29.5. The van der Waals surface area contributed by atoms with Crippen molar-refractivity contribution in [1.82, 2.24) is 10.2 Å². The van der Waals surface area contributed by atoms with Crippen LogP contribution in [0, 0.1) is 11.8 Å². The van der Waals surface area contributed by atoms with Gasteiger partial charge in [0.2, 0.25) is 5.91 Å². The highest BCUT2D eigenvalue weighted by molar-refractivity contribution is 6.73. The van der Waals surface area contributed by atoms with E-state index in [1.54, 1.807) is 55.5 Å². The van der Waals surface area contributed by atoms with E-state index in [1.165, 1.54) is 0 Å². The Balaban J connectivity index is 1.47. The van der Waals surface area contributed by atoms with Gasteiger partial charge < -0.3 is 33.6 Å². The molecule has 0 unspecified atom stereocenters. The van der Waals surface area contributed by atoms with Crippen LogP contribution >= 0.6 is 0 Å². The standard InChI is InChI=1S/C36H48N2O8Si/c1-8-47(9-2,10-3)46-25(5)31-32-24(4)30(12-11-21-37-36(41)45-23-27-15-19-29(43-7)20-16-27)33(38(32)34(31)39)35(40)44-22-26-13-17-28(42-6)18-14-26/h11-20,24-25,31-32H,8-10,21-23H2,1-7H3,(H,37,41)/b12-11+/t24-,25+,31+,32+/m0/s1. The largest absolute Gasteiger partial charge is 0.497 e. The van der Waals surface area contributed by atoms with Crippen molar-refractivity contribution in [3.63, 3.8) is 0 Å². The number of benzene rings is 2. The van der Waals surface area contributed by atoms with Crippen molar-refractivity contribution in [2.75, 3.05) is 20.8 Å². The predicted octanol–water partition coefficient (Wildman–Crippen LogP) is 6.37. The molecule has 0 aliphatic carbocycles. The number of β-lactam (4-membered cyclic amide) rings is 1. The third kappa shape index (κ3) is 8.08. The second-order valence-corrected chi connectivity index (χ2v) is 16.7. The number of fused-ring (bicyclic) bond motifs is 1. The van der Waals surface area contributed by atoms with E-state index in [0.717, 1.165) is 35.0 Å². The van der Waals surface area contributed by atoms with Crippen molar-refractivity contribution in [2.24, 2.45) is 11.8 Å². The molecule has 0 aromatic heterocycles. The molecule has 2 aromatic carbocycles. The van der Waals surface area contributed by atoms with E-state index in [-0.39, 0.29) is 55.3 Å². The maximum atomic E-state index is 13.7. The molecule has 2 amide bonds. The molecular formula is C36H48N2O8Si. The van der Waals surface area contributed by atoms with Gasteiger partial charge in [0, 0.05) is 12.5 Å². The highest BCUT2D eigenvalue weighted by Gasteiger charge is 2.60. The molecule has 254 valence electrons. The van der Waals surface area contributed by atoms with Crippen LogP contribution in [0.4, 0.5) is 4.79 Å². The van der Waals surface area contributed by atoms with Gasteiger partial charge in [0.15, 0.2) is 8.32 Å². The molecule has 1 saturated heterocycles. The Morgan fingerprint density at radius 1 is 0.894 bits per heavy atom. The summed E-state index contributed by atoms with van der Waals surface area (Å²) in [6, 6.07) is 17.3. The third-order valence-corrected chi connectivity index (χ3v) is 14.2. The van der Waals surface area contributed by atoms with E-state index in [2.05, 4.69) is 26.1 Å². The van der Waals surface area contributed by atoms with Crippen LogP contribution in [-0.4, -0.2) is 64.1 Å². The topological polar surface area (TPSA) is 113 Å². The van der Waals surface area contributed by atoms with E-state index >= 15 is 0 Å². The molecule has 47 heavy (non-hydrogen) atoms. The van der Waals surface area contributed by atoms with Crippen LogP contribution in [0.3, 0.4) is 0 Å². The maximum Gasteiger partial charge on any atom is 0.407 e. The quantitative estimate of drug-likeness (QED) is 0.125. The van der Waals surface area contributed by atoms with E-state index in [1.807, 2.05) is 38.1 Å². The van der Waals surface area contributed by atoms with Crippen LogP contribution in [0.15, 0.2) is 72.0 Å². The van der Waals surface area contributed by atoms with Gasteiger partial charge in [0.25, 0.3) is 0 Å². The Kier molecular flexibility index (Phi) is 12.3. The number of esters is 1. The molecule has 2 aromatic rings. The normalized spacial score (nSPS) is 19.7. The van der Waals surface area contributed by atoms with Crippen molar-refractivity contribution >= 4 is 26.3 Å². The fraction of sp³-hybridized carbons (Fsp3) is 0.472. The number of nitrogens with zero attached hydrogens (tertiary/aromatic N) is 1. The smallest absolute Gasteiger partial charge is 0.407 e. The molecule has 1 fully saturated rings. The molecule has 0 saturated carbocycles. The lowest BCUT2D eigenvalue weighted by molar-refractivity contribution is -0.163. The zero-order chi connectivity index (χ0) is 34.1. The highest BCUT2D eigenvalue weighted by Crippen LogP contribution is 2.49. The maximum absolute atomic E-state index is 13.7. The summed E-state index contributed by atoms with van der Waals surface area (Å²) in [6.45, 7) is 10.9. The predicted molar refractivity (Wildman–Crippen MR) is 181 cm³/mol. The fourth-order valence-electron chi connectivity index (χ4n) is 6.45. The number of hydrogen-bond acceptors (Lipinski definition) is 8. The lowest BCUT2D eigenvalue weighted by Crippen LogP contribution is -2.65. The van der Waals surface area contributed by atoms with Gasteiger partial charge in [-0.05, 0) is 66.0 Å². The lowest BCUT2D eigenvalue weighted by atomic mass is 9.77. The number of methoxy groups -OCH3 is 2. The van der Waals surface area contributed by atoms with Crippen molar-refractivity contribution in [1.29, 1.82) is 0 Å². The number of rotatable bonds is 16. The van der Waals surface area contributed by atoms with Gasteiger partial charge in [0.05, 0.1) is 32.3 Å². The molecule has 0 bridgehead atoms. The summed E-state index contributed by atoms with van der Waals surface area (Å²) in [6.07, 6.45) is 2.72. The number of ether oxygens (including phenoxy) is 4. The second kappa shape index (κ2) is 16.1. The molecule has 2 heterocycles. The first-order valence-electron chi connectivity index (χ1n) is 16.4. The van der Waals surface area contributed by atoms with Crippen molar-refractivity contribution in [2.45, 2.75) is 78.1 Å². The lowest BCUT2D eigenvalue weighted by Gasteiger charge is -2.49. The number of nitrogens with one attached hydrogen (secondary N) is 1. The number of carbonyl (C=O) groups is 3. The van der Waals surface area contributed by atoms with Crippen LogP contribution in [0.1, 0.15) is 45.7 Å². The minimum atomic E-state index is -1.96. The highest BCUT2D eigenvalue weighted by atomic mass is 28.4. The van der Waals surface area contributed by atoms with Crippen molar-refractivity contribution < 1.29 is 37.8 Å². The molecular weight excluding hydrogens is 616 g/mol. The van der Waals surface area contributed by atoms with Gasteiger partial charge in [-0.15, -0.1) is 0 Å². The van der Waals surface area contributed by atoms with Crippen LogP contribution in [0.2, 0.25) is 18.1 Å². The Labute approximate surface area is 279 Å². The SMILES string of the molecule is CC[Si](CC)(CC)O[C@H](C)[C@H]1C(=O)N2C(C(=O)OCc3ccc(OC)cc3)=C(/C=C/CNC(=O)OCc3ccc(OC)cc3)[C@H](C)[C@H]12. The van der Waals surface area contributed by atoms with Crippen molar-refractivity contribution in [3.8, 4) is 11.5 Å². The minimum absolute atomic E-state index is 0.0482. The molecule has 0 radical (unpaired) electrons. The molecule has 1 N–H and O–H groups in total. The molecule has 2 aliphatic heterocycles. The van der Waals surface area contributed by atoms with E-state index < -0.39 is 20.4 Å². The molecule has 11 heteroatoms. The average Bonchev–Trinajstić information content (AvgIpc) is 3.34. The number of hydrogen-bond donors (Lipinski definition) is 1. The van der Waals surface area contributed by atoms with Gasteiger partial charge in [-0.25, -0.2) is 9.59 Å². The summed E-state index contributed by atoms with van der Waals surface area (Å²) in [7, 11) is 1.22. The van der Waals surface area contributed by atoms with Gasteiger partial charge in [-0.1, -0.05) is 64.1 Å². The number of amides is 2. The number of allylic oxidation sites excluding steroid dienone is 1. The summed E-state index contributed by atoms with van der Waals surface area (Å²) in [4.78, 5) is 41.3. The minimum Gasteiger partial charge on any atom is -0.497 e. The first-order chi connectivity index (χ1) is 22.6. The van der Waals surface area contributed by atoms with Crippen molar-refractivity contribution in [3.05, 3.63) is 83.1 Å². The summed E-state index contributed by atoms with van der Waals surface area (Å²) < 4.78 is 28.2. The van der Waals surface area contributed by atoms with Gasteiger partial charge in [-0.3, -0.25) is 4.79 Å². The van der Waals surface area contributed by atoms with Crippen LogP contribution in [0.5, 0.6) is 11.5 Å². The van der Waals surface area contributed by atoms with Gasteiger partial charge >= 0.3 is 12.1 Å². The van der Waals surface area contributed by atoms with Crippen LogP contribution in [-0.2, 0) is 36.7 Å². The van der Waals surface area contributed by atoms with Crippen LogP contribution < -0.4 is 14.8 Å². The molecule has 4 atom stereocenters. The molecule has 10 nitrogen and oxygen atoms in total. The average molecular weight is 665 g/mol. The summed E-state index contributed by atoms with van der Waals surface area (Å²) >= 11 is 0. The van der Waals surface area contributed by atoms with Gasteiger partial charge in [0.1, 0.15) is 30.4 Å². The summed E-state index contributed by atoms with van der Waals surface area (Å²) in [5.41, 5.74) is 2.56. The Hall–Kier alpha value is -4.09. The fourth-order valence-corrected chi connectivity index (χ4v) is 9.38. The monoisotopic (exact) mass is 664 g/mol. The Morgan fingerprint density at radius 2 is 1.43 bits per heavy atom. The van der Waals surface area contributed by atoms with E-state index in [4.69, 9.17) is 23.4 Å². The third-order valence-electron chi connectivity index (χ3n) is 9.49. The zero-order valence-electron chi connectivity index (χ0n) is 28.5. The number of carbonyl (C=O) groups excluding carboxylic acids is 3. The number of alkyl carbamates (subject to hydrolysis) is 1. The van der Waals surface area contributed by atoms with E-state index in [0.29, 0.717) is 11.3 Å². The van der Waals surface area contributed by atoms with Gasteiger partial charge in [-0.2, -0.15) is 0 Å². The molecule has 4 rings (SSSR count). The van der Waals surface area contributed by atoms with Crippen LogP contribution in [0.25, 0.3) is 0 Å². The summed E-state index contributed by atoms with van der Waals surface area (Å²) in [5.74, 6) is 0.229. The molecule has 0 spiro atoms. The first kappa shape index (κ1) is 35.8. The van der Waals surface area contributed by atoms with E-state index in [9.17, 15) is 14.4 Å². The first-order valence-corrected chi connectivity index (χ1v) is 18.9. The molecule has 2 aliphatic rings. The summed E-state index contributed by atoms with van der Waals surface area (Å²) in [5, 5.41) is 2.72. The Bertz CT molecular complexity index is 1440. The second-order valence-electron chi connectivity index (χ2n) is 12.0.